The average molecular weight is 432 g/mol. The molecular formula is C21H20ClF2N5O. The third-order valence-corrected chi connectivity index (χ3v) is 4.09. The Morgan fingerprint density at radius 3 is 2.40 bits per heavy atom. The predicted molar refractivity (Wildman–Crippen MR) is 114 cm³/mol. The van der Waals surface area contributed by atoms with Crippen molar-refractivity contribution in [2.75, 3.05) is 5.32 Å². The number of halogens is 3. The third-order valence-electron chi connectivity index (χ3n) is 3.84. The fourth-order valence-corrected chi connectivity index (χ4v) is 2.65. The maximum Gasteiger partial charge on any atom is 0.258 e. The summed E-state index contributed by atoms with van der Waals surface area (Å²) in [4.78, 5) is 16.9. The first-order valence-electron chi connectivity index (χ1n) is 9.05. The van der Waals surface area contributed by atoms with E-state index in [4.69, 9.17) is 11.6 Å². The summed E-state index contributed by atoms with van der Waals surface area (Å²) < 4.78 is 26.6. The molecule has 9 heteroatoms. The fourth-order valence-electron chi connectivity index (χ4n) is 2.52. The smallest absolute Gasteiger partial charge is 0.258 e. The monoisotopic (exact) mass is 431 g/mol. The van der Waals surface area contributed by atoms with Crippen molar-refractivity contribution in [3.63, 3.8) is 0 Å². The number of aromatic amines is 1. The van der Waals surface area contributed by atoms with E-state index in [1.165, 1.54) is 6.07 Å². The number of aliphatic imine (C=N–C) groups is 1. The molecule has 156 valence electrons. The molecule has 0 unspecified atom stereocenters. The molecule has 0 fully saturated rings. The Morgan fingerprint density at radius 2 is 1.77 bits per heavy atom. The van der Waals surface area contributed by atoms with Crippen molar-refractivity contribution in [1.82, 2.24) is 15.5 Å². The number of aromatic nitrogens is 2. The number of carbonyl (C=O) groups is 1. The van der Waals surface area contributed by atoms with Crippen LogP contribution in [0.25, 0.3) is 11.3 Å². The number of amides is 1. The molecule has 0 aliphatic carbocycles. The standard InChI is InChI=1S/C21H20ClF2N5O/c1-21(2,3)27-20(26-19(30)13-6-9-15(23)16(24)10-13)25-18-11-17(28-29-18)12-4-7-14(22)8-5-12/h4-11H,1-3H3,(H3,25,26,27,28,29,30). The van der Waals surface area contributed by atoms with Gasteiger partial charge in [-0.05, 0) is 56.7 Å². The Morgan fingerprint density at radius 1 is 1.07 bits per heavy atom. The quantitative estimate of drug-likeness (QED) is 0.403. The minimum atomic E-state index is -1.11. The molecule has 6 nitrogen and oxygen atoms in total. The van der Waals surface area contributed by atoms with Crippen molar-refractivity contribution in [3.05, 3.63) is 70.8 Å². The summed E-state index contributed by atoms with van der Waals surface area (Å²) in [7, 11) is 0. The van der Waals surface area contributed by atoms with Gasteiger partial charge in [-0.1, -0.05) is 23.7 Å². The Balaban J connectivity index is 1.81. The number of carbonyl (C=O) groups excluding carboxylic acids is 1. The first-order valence-corrected chi connectivity index (χ1v) is 9.43. The van der Waals surface area contributed by atoms with Gasteiger partial charge in [0.25, 0.3) is 5.91 Å². The number of hydrogen-bond acceptors (Lipinski definition) is 3. The zero-order chi connectivity index (χ0) is 21.9. The highest BCUT2D eigenvalue weighted by Gasteiger charge is 2.16. The Bertz CT molecular complexity index is 1090. The normalized spacial score (nSPS) is 12.0. The van der Waals surface area contributed by atoms with Gasteiger partial charge in [0.05, 0.1) is 11.2 Å². The van der Waals surface area contributed by atoms with E-state index in [9.17, 15) is 13.6 Å². The molecule has 0 atom stereocenters. The summed E-state index contributed by atoms with van der Waals surface area (Å²) in [6, 6.07) is 11.9. The van der Waals surface area contributed by atoms with Crippen LogP contribution >= 0.6 is 11.6 Å². The van der Waals surface area contributed by atoms with E-state index < -0.39 is 23.1 Å². The van der Waals surface area contributed by atoms with Crippen LogP contribution in [0.1, 0.15) is 31.1 Å². The van der Waals surface area contributed by atoms with Crippen LogP contribution in [0.15, 0.2) is 53.5 Å². The third kappa shape index (κ3) is 5.64. The van der Waals surface area contributed by atoms with Crippen molar-refractivity contribution in [3.8, 4) is 11.3 Å². The number of rotatable bonds is 3. The Kier molecular flexibility index (Phi) is 6.17. The molecule has 3 rings (SSSR count). The molecule has 0 bridgehead atoms. The molecule has 0 saturated carbocycles. The van der Waals surface area contributed by atoms with Gasteiger partial charge in [-0.25, -0.2) is 13.8 Å². The van der Waals surface area contributed by atoms with Crippen LogP contribution in [0.5, 0.6) is 0 Å². The maximum absolute atomic E-state index is 13.5. The van der Waals surface area contributed by atoms with Crippen molar-refractivity contribution < 1.29 is 13.6 Å². The van der Waals surface area contributed by atoms with Crippen LogP contribution in [0.3, 0.4) is 0 Å². The van der Waals surface area contributed by atoms with Crippen molar-refractivity contribution in [2.24, 2.45) is 4.99 Å². The topological polar surface area (TPSA) is 82.2 Å². The van der Waals surface area contributed by atoms with E-state index in [-0.39, 0.29) is 11.5 Å². The van der Waals surface area contributed by atoms with E-state index in [1.54, 1.807) is 18.2 Å². The lowest BCUT2D eigenvalue weighted by atomic mass is 10.1. The number of H-pyrrole nitrogens is 1. The molecule has 1 aromatic heterocycles. The predicted octanol–water partition coefficient (Wildman–Crippen LogP) is 5.00. The minimum Gasteiger partial charge on any atom is -0.309 e. The lowest BCUT2D eigenvalue weighted by molar-refractivity contribution is 0.0976. The highest BCUT2D eigenvalue weighted by Crippen LogP contribution is 2.22. The van der Waals surface area contributed by atoms with Crippen LogP contribution in [0.2, 0.25) is 5.02 Å². The Labute approximate surface area is 177 Å². The van der Waals surface area contributed by atoms with Gasteiger partial charge in [0.1, 0.15) is 0 Å². The van der Waals surface area contributed by atoms with E-state index in [1.807, 2.05) is 32.9 Å². The number of nitrogens with zero attached hydrogens (tertiary/aromatic N) is 2. The zero-order valence-corrected chi connectivity index (χ0v) is 17.3. The number of anilines is 1. The first-order chi connectivity index (χ1) is 14.1. The summed E-state index contributed by atoms with van der Waals surface area (Å²) in [6.07, 6.45) is 0. The molecule has 2 aromatic carbocycles. The van der Waals surface area contributed by atoms with Gasteiger partial charge in [-0.2, -0.15) is 5.10 Å². The second-order valence-electron chi connectivity index (χ2n) is 7.51. The van der Waals surface area contributed by atoms with Gasteiger partial charge < -0.3 is 5.32 Å². The molecule has 3 N–H and O–H groups in total. The van der Waals surface area contributed by atoms with Gasteiger partial charge in [-0.15, -0.1) is 0 Å². The minimum absolute atomic E-state index is 0.0406. The molecular weight excluding hydrogens is 412 g/mol. The van der Waals surface area contributed by atoms with Gasteiger partial charge in [0.2, 0.25) is 5.96 Å². The second-order valence-corrected chi connectivity index (χ2v) is 7.95. The largest absolute Gasteiger partial charge is 0.309 e. The summed E-state index contributed by atoms with van der Waals surface area (Å²) >= 11 is 5.91. The van der Waals surface area contributed by atoms with Crippen LogP contribution in [0.4, 0.5) is 14.6 Å². The van der Waals surface area contributed by atoms with Crippen LogP contribution in [-0.2, 0) is 0 Å². The molecule has 1 amide bonds. The highest BCUT2D eigenvalue weighted by atomic mass is 35.5. The van der Waals surface area contributed by atoms with Gasteiger partial charge in [-0.3, -0.25) is 15.2 Å². The van der Waals surface area contributed by atoms with E-state index in [0.717, 1.165) is 23.4 Å². The van der Waals surface area contributed by atoms with E-state index >= 15 is 0 Å². The average Bonchev–Trinajstić information content (AvgIpc) is 3.11. The number of benzene rings is 2. The summed E-state index contributed by atoms with van der Waals surface area (Å²) in [5, 5.41) is 13.2. The molecule has 0 saturated heterocycles. The van der Waals surface area contributed by atoms with Crippen molar-refractivity contribution in [2.45, 2.75) is 26.3 Å². The number of nitrogens with one attached hydrogen (secondary N) is 3. The molecule has 3 aromatic rings. The highest BCUT2D eigenvalue weighted by molar-refractivity contribution is 6.30. The van der Waals surface area contributed by atoms with Crippen molar-refractivity contribution >= 4 is 29.3 Å². The summed E-state index contributed by atoms with van der Waals surface area (Å²) in [5.41, 5.74) is 1.04. The molecule has 1 heterocycles. The number of hydrogen-bond donors (Lipinski definition) is 3. The second kappa shape index (κ2) is 8.62. The van der Waals surface area contributed by atoms with E-state index in [2.05, 4.69) is 25.8 Å². The van der Waals surface area contributed by atoms with Crippen molar-refractivity contribution in [1.29, 1.82) is 0 Å². The molecule has 0 aliphatic heterocycles. The zero-order valence-electron chi connectivity index (χ0n) is 16.6. The van der Waals surface area contributed by atoms with E-state index in [0.29, 0.717) is 10.8 Å². The maximum atomic E-state index is 13.5. The lowest BCUT2D eigenvalue weighted by Crippen LogP contribution is -2.38. The molecule has 0 spiro atoms. The van der Waals surface area contributed by atoms with Crippen LogP contribution < -0.4 is 10.6 Å². The van der Waals surface area contributed by atoms with Crippen LogP contribution in [0, 0.1) is 11.6 Å². The van der Waals surface area contributed by atoms with Gasteiger partial charge >= 0.3 is 0 Å². The molecule has 0 aliphatic rings. The lowest BCUT2D eigenvalue weighted by Gasteiger charge is -2.17. The van der Waals surface area contributed by atoms with Crippen LogP contribution in [-0.4, -0.2) is 27.6 Å². The molecule has 30 heavy (non-hydrogen) atoms. The van der Waals surface area contributed by atoms with Gasteiger partial charge in [0, 0.05) is 16.7 Å². The number of guanidine groups is 1. The first kappa shape index (κ1) is 21.4. The molecule has 0 radical (unpaired) electrons. The summed E-state index contributed by atoms with van der Waals surface area (Å²) in [5.74, 6) is -2.25. The fraction of sp³-hybridized carbons (Fsp3) is 0.190. The van der Waals surface area contributed by atoms with Gasteiger partial charge in [0.15, 0.2) is 17.5 Å². The Hall–Kier alpha value is -3.26. The summed E-state index contributed by atoms with van der Waals surface area (Å²) in [6.45, 7) is 5.55. The SMILES string of the molecule is CC(C)(C)N=C(NC(=O)c1ccc(F)c(F)c1)Nc1cc(-c2ccc(Cl)cc2)[nH]n1.